The summed E-state index contributed by atoms with van der Waals surface area (Å²) < 4.78 is 0. The molecule has 1 saturated carbocycles. The van der Waals surface area contributed by atoms with Gasteiger partial charge < -0.3 is 10.2 Å². The third kappa shape index (κ3) is 4.44. The van der Waals surface area contributed by atoms with E-state index in [1.54, 1.807) is 0 Å². The maximum absolute atomic E-state index is 4.11. The Morgan fingerprint density at radius 3 is 2.05 bits per heavy atom. The molecule has 1 N–H and O–H groups in total. The monoisotopic (exact) mass is 287 g/mol. The minimum atomic E-state index is 0.729. The molecule has 21 heavy (non-hydrogen) atoms. The minimum absolute atomic E-state index is 0.729. The summed E-state index contributed by atoms with van der Waals surface area (Å²) in [6.45, 7) is 2.35. The molecule has 2 fully saturated rings. The van der Waals surface area contributed by atoms with Crippen molar-refractivity contribution in [1.82, 2.24) is 10.3 Å². The Kier molecular flexibility index (Phi) is 5.50. The highest BCUT2D eigenvalue weighted by Crippen LogP contribution is 2.22. The van der Waals surface area contributed by atoms with Crippen LogP contribution in [0.5, 0.6) is 0 Å². The third-order valence-corrected chi connectivity index (χ3v) is 5.10. The predicted octanol–water partition coefficient (Wildman–Crippen LogP) is 3.75. The van der Waals surface area contributed by atoms with Gasteiger partial charge in [0.2, 0.25) is 0 Å². The smallest absolute Gasteiger partial charge is 0.0397 e. The van der Waals surface area contributed by atoms with Crippen LogP contribution in [0.3, 0.4) is 0 Å². The molecule has 0 bridgehead atoms. The molecule has 3 rings (SSSR count). The molecule has 116 valence electrons. The van der Waals surface area contributed by atoms with Crippen molar-refractivity contribution in [1.29, 1.82) is 0 Å². The summed E-state index contributed by atoms with van der Waals surface area (Å²) in [7, 11) is 0. The fourth-order valence-corrected chi connectivity index (χ4v) is 3.82. The van der Waals surface area contributed by atoms with Crippen LogP contribution >= 0.6 is 0 Å². The second-order valence-corrected chi connectivity index (χ2v) is 6.68. The van der Waals surface area contributed by atoms with Gasteiger partial charge in [0.15, 0.2) is 0 Å². The summed E-state index contributed by atoms with van der Waals surface area (Å²) >= 11 is 0. The van der Waals surface area contributed by atoms with Crippen LogP contribution in [0.15, 0.2) is 24.5 Å². The largest absolute Gasteiger partial charge is 0.371 e. The van der Waals surface area contributed by atoms with Crippen LogP contribution < -0.4 is 10.2 Å². The number of piperidine rings is 1. The summed E-state index contributed by atoms with van der Waals surface area (Å²) in [6, 6.07) is 5.76. The van der Waals surface area contributed by atoms with Crippen LogP contribution in [0.25, 0.3) is 0 Å². The summed E-state index contributed by atoms with van der Waals surface area (Å²) in [5.41, 5.74) is 1.33. The Morgan fingerprint density at radius 2 is 1.38 bits per heavy atom. The Hall–Kier alpha value is -1.09. The first-order valence-electron chi connectivity index (χ1n) is 8.83. The quantitative estimate of drug-likeness (QED) is 0.917. The lowest BCUT2D eigenvalue weighted by Crippen LogP contribution is -2.46. The molecule has 1 aromatic rings. The summed E-state index contributed by atoms with van der Waals surface area (Å²) in [6.07, 6.45) is 16.3. The maximum Gasteiger partial charge on any atom is 0.0397 e. The first kappa shape index (κ1) is 14.8. The van der Waals surface area contributed by atoms with Gasteiger partial charge >= 0.3 is 0 Å². The number of nitrogens with zero attached hydrogens (tertiary/aromatic N) is 2. The van der Waals surface area contributed by atoms with E-state index in [1.807, 2.05) is 12.4 Å². The molecule has 0 amide bonds. The SMILES string of the molecule is c1cc(N2CCC(NC3CCCCCCC3)CC2)ccn1. The van der Waals surface area contributed by atoms with Crippen LogP contribution in [0, 0.1) is 0 Å². The molecule has 0 aromatic carbocycles. The van der Waals surface area contributed by atoms with Crippen molar-refractivity contribution in [2.45, 2.75) is 69.9 Å². The standard InChI is InChI=1S/C18H29N3/c1-2-4-6-16(7-5-3-1)20-17-10-14-21(15-11-17)18-8-12-19-13-9-18/h8-9,12-13,16-17,20H,1-7,10-11,14-15H2. The first-order chi connectivity index (χ1) is 10.4. The van der Waals surface area contributed by atoms with Gasteiger partial charge in [0, 0.05) is 43.3 Å². The van der Waals surface area contributed by atoms with Crippen molar-refractivity contribution < 1.29 is 0 Å². The zero-order valence-corrected chi connectivity index (χ0v) is 13.1. The molecule has 1 aromatic heterocycles. The highest BCUT2D eigenvalue weighted by Gasteiger charge is 2.22. The van der Waals surface area contributed by atoms with Gasteiger partial charge in [-0.2, -0.15) is 0 Å². The molecule has 2 aliphatic rings. The number of hydrogen-bond acceptors (Lipinski definition) is 3. The van der Waals surface area contributed by atoms with Crippen molar-refractivity contribution in [3.05, 3.63) is 24.5 Å². The van der Waals surface area contributed by atoms with Gasteiger partial charge in [0.25, 0.3) is 0 Å². The van der Waals surface area contributed by atoms with Crippen molar-refractivity contribution in [3.63, 3.8) is 0 Å². The zero-order chi connectivity index (χ0) is 14.3. The van der Waals surface area contributed by atoms with Gasteiger partial charge in [-0.15, -0.1) is 0 Å². The Bertz CT molecular complexity index is 390. The molecule has 0 spiro atoms. The van der Waals surface area contributed by atoms with Crippen LogP contribution in [0.2, 0.25) is 0 Å². The molecule has 0 unspecified atom stereocenters. The Balaban J connectivity index is 1.45. The van der Waals surface area contributed by atoms with Crippen molar-refractivity contribution >= 4 is 5.69 Å². The van der Waals surface area contributed by atoms with Gasteiger partial charge in [-0.1, -0.05) is 32.1 Å². The number of anilines is 1. The fraction of sp³-hybridized carbons (Fsp3) is 0.722. The maximum atomic E-state index is 4.11. The van der Waals surface area contributed by atoms with E-state index in [2.05, 4.69) is 27.3 Å². The Morgan fingerprint density at radius 1 is 0.810 bits per heavy atom. The molecule has 1 saturated heterocycles. The van der Waals surface area contributed by atoms with E-state index in [-0.39, 0.29) is 0 Å². The van der Waals surface area contributed by atoms with Gasteiger partial charge in [-0.05, 0) is 37.8 Å². The second-order valence-electron chi connectivity index (χ2n) is 6.68. The van der Waals surface area contributed by atoms with Crippen LogP contribution in [0.1, 0.15) is 57.8 Å². The number of aromatic nitrogens is 1. The number of nitrogens with one attached hydrogen (secondary N) is 1. The van der Waals surface area contributed by atoms with Gasteiger partial charge in [-0.25, -0.2) is 0 Å². The van der Waals surface area contributed by atoms with E-state index < -0.39 is 0 Å². The predicted molar refractivity (Wildman–Crippen MR) is 88.7 cm³/mol. The molecular formula is C18H29N3. The summed E-state index contributed by atoms with van der Waals surface area (Å²) in [5.74, 6) is 0. The molecule has 0 atom stereocenters. The lowest BCUT2D eigenvalue weighted by Gasteiger charge is -2.36. The van der Waals surface area contributed by atoms with Gasteiger partial charge in [0.05, 0.1) is 0 Å². The lowest BCUT2D eigenvalue weighted by atomic mass is 9.94. The van der Waals surface area contributed by atoms with E-state index in [4.69, 9.17) is 0 Å². The van der Waals surface area contributed by atoms with Crippen molar-refractivity contribution in [2.75, 3.05) is 18.0 Å². The number of hydrogen-bond donors (Lipinski definition) is 1. The number of rotatable bonds is 3. The molecule has 1 aliphatic heterocycles. The fourth-order valence-electron chi connectivity index (χ4n) is 3.82. The van der Waals surface area contributed by atoms with E-state index in [0.717, 1.165) is 12.1 Å². The average Bonchev–Trinajstić information content (AvgIpc) is 2.51. The van der Waals surface area contributed by atoms with E-state index in [1.165, 1.54) is 76.6 Å². The first-order valence-corrected chi connectivity index (χ1v) is 8.83. The minimum Gasteiger partial charge on any atom is -0.371 e. The lowest BCUT2D eigenvalue weighted by molar-refractivity contribution is 0.319. The third-order valence-electron chi connectivity index (χ3n) is 5.10. The van der Waals surface area contributed by atoms with Gasteiger partial charge in [-0.3, -0.25) is 4.98 Å². The number of pyridine rings is 1. The molecule has 3 nitrogen and oxygen atoms in total. The van der Waals surface area contributed by atoms with Crippen LogP contribution in [-0.4, -0.2) is 30.2 Å². The second kappa shape index (κ2) is 7.79. The van der Waals surface area contributed by atoms with E-state index in [9.17, 15) is 0 Å². The summed E-state index contributed by atoms with van der Waals surface area (Å²) in [5, 5.41) is 3.96. The van der Waals surface area contributed by atoms with Crippen molar-refractivity contribution in [2.24, 2.45) is 0 Å². The molecule has 2 heterocycles. The van der Waals surface area contributed by atoms with Crippen LogP contribution in [-0.2, 0) is 0 Å². The highest BCUT2D eigenvalue weighted by atomic mass is 15.1. The molecule has 3 heteroatoms. The highest BCUT2D eigenvalue weighted by molar-refractivity contribution is 5.44. The van der Waals surface area contributed by atoms with E-state index >= 15 is 0 Å². The zero-order valence-electron chi connectivity index (χ0n) is 13.1. The molecular weight excluding hydrogens is 258 g/mol. The normalized spacial score (nSPS) is 22.8. The molecule has 1 aliphatic carbocycles. The Labute approximate surface area is 129 Å². The average molecular weight is 287 g/mol. The summed E-state index contributed by atoms with van der Waals surface area (Å²) in [4.78, 5) is 6.61. The van der Waals surface area contributed by atoms with E-state index in [0.29, 0.717) is 0 Å². The topological polar surface area (TPSA) is 28.2 Å². The van der Waals surface area contributed by atoms with Crippen molar-refractivity contribution in [3.8, 4) is 0 Å². The van der Waals surface area contributed by atoms with Gasteiger partial charge in [0.1, 0.15) is 0 Å². The van der Waals surface area contributed by atoms with Crippen LogP contribution in [0.4, 0.5) is 5.69 Å². The molecule has 0 radical (unpaired) electrons.